The Kier molecular flexibility index (Phi) is 10.2. The van der Waals surface area contributed by atoms with Gasteiger partial charge in [0, 0.05) is 5.69 Å². The Bertz CT molecular complexity index is 1860. The zero-order valence-electron chi connectivity index (χ0n) is 26.0. The molecule has 0 bridgehead atoms. The molecular weight excluding hydrogens is 622 g/mol. The number of anilines is 2. The highest BCUT2D eigenvalue weighted by molar-refractivity contribution is 6.39. The first-order chi connectivity index (χ1) is 22.6. The minimum atomic E-state index is -0.883. The van der Waals surface area contributed by atoms with E-state index in [-0.39, 0.29) is 41.0 Å². The van der Waals surface area contributed by atoms with Gasteiger partial charge in [0.25, 0.3) is 17.7 Å². The third-order valence-electron chi connectivity index (χ3n) is 7.23. The van der Waals surface area contributed by atoms with E-state index in [0.717, 1.165) is 21.6 Å². The number of rotatable bonds is 11. The van der Waals surface area contributed by atoms with Gasteiger partial charge in [0.05, 0.1) is 17.3 Å². The number of amides is 5. The van der Waals surface area contributed by atoms with Crippen LogP contribution in [0.15, 0.2) is 90.5 Å². The van der Waals surface area contributed by atoms with Crippen LogP contribution in [-0.2, 0) is 21.0 Å². The number of carbonyl (C=O) groups is 4. The van der Waals surface area contributed by atoms with Crippen molar-refractivity contribution in [2.45, 2.75) is 27.4 Å². The first-order valence-corrected chi connectivity index (χ1v) is 15.1. The Morgan fingerprint density at radius 2 is 1.64 bits per heavy atom. The summed E-state index contributed by atoms with van der Waals surface area (Å²) in [5, 5.41) is 5.08. The van der Waals surface area contributed by atoms with Crippen LogP contribution in [0.4, 0.5) is 16.2 Å². The molecule has 0 saturated carbocycles. The molecular formula is C36H32ClN3O7. The number of hydrogen-bond acceptors (Lipinski definition) is 7. The van der Waals surface area contributed by atoms with Gasteiger partial charge in [0.2, 0.25) is 0 Å². The zero-order chi connectivity index (χ0) is 33.5. The summed E-state index contributed by atoms with van der Waals surface area (Å²) in [7, 11) is 0. The summed E-state index contributed by atoms with van der Waals surface area (Å²) in [6.07, 6.45) is 1.30. The fourth-order valence-electron chi connectivity index (χ4n) is 4.72. The van der Waals surface area contributed by atoms with E-state index in [2.05, 4.69) is 10.6 Å². The van der Waals surface area contributed by atoms with Crippen molar-refractivity contribution in [3.05, 3.63) is 118 Å². The van der Waals surface area contributed by atoms with Gasteiger partial charge >= 0.3 is 6.03 Å². The van der Waals surface area contributed by atoms with E-state index >= 15 is 0 Å². The van der Waals surface area contributed by atoms with Crippen LogP contribution in [0.25, 0.3) is 6.08 Å². The van der Waals surface area contributed by atoms with E-state index in [0.29, 0.717) is 23.6 Å². The molecule has 47 heavy (non-hydrogen) atoms. The standard InChI is InChI=1S/C36H32ClN3O7/c1-4-45-31-19-25(18-30(37)33(31)47-21-32(41)38-26-11-10-22(2)23(3)16-26)17-29-34(42)39-36(44)40(35(29)43)27-12-14-28(15-13-27)46-20-24-8-6-5-7-9-24/h5-19H,4,20-21H2,1-3H3,(H,38,41)(H,39,42,44)/b29-17-. The quantitative estimate of drug-likeness (QED) is 0.138. The second kappa shape index (κ2) is 14.7. The minimum Gasteiger partial charge on any atom is -0.490 e. The average Bonchev–Trinajstić information content (AvgIpc) is 3.04. The van der Waals surface area contributed by atoms with Crippen molar-refractivity contribution < 1.29 is 33.4 Å². The van der Waals surface area contributed by atoms with Gasteiger partial charge in [-0.2, -0.15) is 0 Å². The lowest BCUT2D eigenvalue weighted by molar-refractivity contribution is -0.122. The van der Waals surface area contributed by atoms with Crippen molar-refractivity contribution in [3.8, 4) is 17.2 Å². The van der Waals surface area contributed by atoms with E-state index in [1.165, 1.54) is 18.2 Å². The lowest BCUT2D eigenvalue weighted by atomic mass is 10.1. The Balaban J connectivity index is 1.32. The summed E-state index contributed by atoms with van der Waals surface area (Å²) in [6, 6.07) is 23.7. The molecule has 11 heteroatoms. The van der Waals surface area contributed by atoms with E-state index in [1.807, 2.05) is 56.3 Å². The summed E-state index contributed by atoms with van der Waals surface area (Å²) in [6.45, 7) is 5.94. The monoisotopic (exact) mass is 653 g/mol. The van der Waals surface area contributed by atoms with Crippen molar-refractivity contribution in [3.63, 3.8) is 0 Å². The molecule has 1 saturated heterocycles. The highest BCUT2D eigenvalue weighted by Gasteiger charge is 2.37. The lowest BCUT2D eigenvalue weighted by Crippen LogP contribution is -2.54. The molecule has 0 atom stereocenters. The number of benzene rings is 4. The van der Waals surface area contributed by atoms with Crippen LogP contribution in [-0.4, -0.2) is 37.0 Å². The minimum absolute atomic E-state index is 0.0875. The number of imide groups is 2. The first kappa shape index (κ1) is 32.8. The van der Waals surface area contributed by atoms with Gasteiger partial charge in [-0.05, 0) is 97.6 Å². The average molecular weight is 654 g/mol. The molecule has 1 heterocycles. The van der Waals surface area contributed by atoms with Crippen LogP contribution in [0.2, 0.25) is 5.02 Å². The molecule has 240 valence electrons. The number of barbiturate groups is 1. The molecule has 5 amide bonds. The molecule has 1 aliphatic heterocycles. The van der Waals surface area contributed by atoms with E-state index in [9.17, 15) is 19.2 Å². The smallest absolute Gasteiger partial charge is 0.335 e. The number of nitrogens with one attached hydrogen (secondary N) is 2. The number of hydrogen-bond donors (Lipinski definition) is 2. The van der Waals surface area contributed by atoms with Crippen molar-refractivity contribution in [1.82, 2.24) is 5.32 Å². The van der Waals surface area contributed by atoms with Crippen molar-refractivity contribution in [2.75, 3.05) is 23.4 Å². The third-order valence-corrected chi connectivity index (χ3v) is 7.51. The van der Waals surface area contributed by atoms with Crippen LogP contribution in [0.3, 0.4) is 0 Å². The first-order valence-electron chi connectivity index (χ1n) is 14.8. The molecule has 0 aliphatic carbocycles. The number of carbonyl (C=O) groups excluding carboxylic acids is 4. The number of nitrogens with zero attached hydrogens (tertiary/aromatic N) is 1. The summed E-state index contributed by atoms with van der Waals surface area (Å²) in [5.74, 6) is -1.23. The fourth-order valence-corrected chi connectivity index (χ4v) is 4.99. The maximum Gasteiger partial charge on any atom is 0.335 e. The van der Waals surface area contributed by atoms with Gasteiger partial charge < -0.3 is 19.5 Å². The van der Waals surface area contributed by atoms with Crippen LogP contribution >= 0.6 is 11.6 Å². The lowest BCUT2D eigenvalue weighted by Gasteiger charge is -2.26. The van der Waals surface area contributed by atoms with Gasteiger partial charge in [-0.1, -0.05) is 48.0 Å². The Labute approximate surface area is 276 Å². The van der Waals surface area contributed by atoms with Crippen molar-refractivity contribution in [1.29, 1.82) is 0 Å². The van der Waals surface area contributed by atoms with E-state index < -0.39 is 23.8 Å². The SMILES string of the molecule is CCOc1cc(/C=C2/C(=O)NC(=O)N(c3ccc(OCc4ccccc4)cc3)C2=O)cc(Cl)c1OCC(=O)Nc1ccc(C)c(C)c1. The highest BCUT2D eigenvalue weighted by Crippen LogP contribution is 2.38. The van der Waals surface area contributed by atoms with Crippen LogP contribution in [0.5, 0.6) is 17.2 Å². The van der Waals surface area contributed by atoms with Gasteiger partial charge in [0.15, 0.2) is 18.1 Å². The molecule has 1 aliphatic rings. The second-order valence-corrected chi connectivity index (χ2v) is 11.0. The molecule has 4 aromatic rings. The van der Waals surface area contributed by atoms with Gasteiger partial charge in [-0.25, -0.2) is 9.69 Å². The maximum atomic E-state index is 13.5. The van der Waals surface area contributed by atoms with Crippen LogP contribution < -0.4 is 29.7 Å². The van der Waals surface area contributed by atoms with Crippen molar-refractivity contribution in [2.24, 2.45) is 0 Å². The molecule has 2 N–H and O–H groups in total. The van der Waals surface area contributed by atoms with Gasteiger partial charge in [0.1, 0.15) is 17.9 Å². The second-order valence-electron chi connectivity index (χ2n) is 10.6. The van der Waals surface area contributed by atoms with Crippen LogP contribution in [0, 0.1) is 13.8 Å². The fraction of sp³-hybridized carbons (Fsp3) is 0.167. The van der Waals surface area contributed by atoms with Crippen LogP contribution in [0.1, 0.15) is 29.2 Å². The molecule has 5 rings (SSSR count). The molecule has 0 spiro atoms. The Hall–Kier alpha value is -5.61. The molecule has 0 aromatic heterocycles. The molecule has 0 unspecified atom stereocenters. The van der Waals surface area contributed by atoms with Gasteiger partial charge in [-0.15, -0.1) is 0 Å². The Morgan fingerprint density at radius 3 is 2.34 bits per heavy atom. The van der Waals surface area contributed by atoms with E-state index in [1.54, 1.807) is 37.3 Å². The van der Waals surface area contributed by atoms with Gasteiger partial charge in [-0.3, -0.25) is 19.7 Å². The predicted octanol–water partition coefficient (Wildman–Crippen LogP) is 6.62. The zero-order valence-corrected chi connectivity index (χ0v) is 26.7. The molecule has 1 fully saturated rings. The number of ether oxygens (including phenoxy) is 3. The topological polar surface area (TPSA) is 123 Å². The molecule has 10 nitrogen and oxygen atoms in total. The molecule has 4 aromatic carbocycles. The summed E-state index contributed by atoms with van der Waals surface area (Å²) < 4.78 is 17.2. The number of halogens is 1. The summed E-state index contributed by atoms with van der Waals surface area (Å²) in [4.78, 5) is 52.5. The summed E-state index contributed by atoms with van der Waals surface area (Å²) in [5.41, 5.74) is 4.05. The van der Waals surface area contributed by atoms with E-state index in [4.69, 9.17) is 25.8 Å². The predicted molar refractivity (Wildman–Crippen MR) is 179 cm³/mol. The number of urea groups is 1. The largest absolute Gasteiger partial charge is 0.490 e. The third kappa shape index (κ3) is 7.98. The molecule has 0 radical (unpaired) electrons. The Morgan fingerprint density at radius 1 is 0.894 bits per heavy atom. The van der Waals surface area contributed by atoms with Crippen molar-refractivity contribution >= 4 is 52.8 Å². The number of aryl methyl sites for hydroxylation is 2. The maximum absolute atomic E-state index is 13.5. The summed E-state index contributed by atoms with van der Waals surface area (Å²) >= 11 is 6.54. The highest BCUT2D eigenvalue weighted by atomic mass is 35.5. The normalized spacial score (nSPS) is 13.7.